The van der Waals surface area contributed by atoms with E-state index in [1.807, 2.05) is 19.1 Å². The molecule has 0 saturated heterocycles. The van der Waals surface area contributed by atoms with Gasteiger partial charge in [-0.15, -0.1) is 0 Å². The van der Waals surface area contributed by atoms with Crippen LogP contribution in [0.4, 0.5) is 0 Å². The molecule has 3 heterocycles. The molecule has 0 atom stereocenters. The highest BCUT2D eigenvalue weighted by Gasteiger charge is 2.35. The number of aryl methyl sites for hydroxylation is 1. The molecule has 5 rings (SSSR count). The highest BCUT2D eigenvalue weighted by molar-refractivity contribution is 8.26. The molecule has 0 aliphatic carbocycles. The van der Waals surface area contributed by atoms with Crippen molar-refractivity contribution < 1.29 is 4.79 Å². The molecule has 33 heavy (non-hydrogen) atoms. The van der Waals surface area contributed by atoms with Crippen molar-refractivity contribution in [1.82, 2.24) is 9.58 Å². The van der Waals surface area contributed by atoms with E-state index in [0.29, 0.717) is 5.17 Å². The quantitative estimate of drug-likeness (QED) is 0.476. The lowest BCUT2D eigenvalue weighted by molar-refractivity contribution is -0.114. The van der Waals surface area contributed by atoms with E-state index in [2.05, 4.69) is 64.9 Å². The number of hydrogen-bond donors (Lipinski definition) is 1. The van der Waals surface area contributed by atoms with Gasteiger partial charge in [-0.2, -0.15) is 15.1 Å². The van der Waals surface area contributed by atoms with Crippen LogP contribution in [0.2, 0.25) is 0 Å². The Bertz CT molecular complexity index is 1390. The van der Waals surface area contributed by atoms with E-state index in [4.69, 9.17) is 5.41 Å². The summed E-state index contributed by atoms with van der Waals surface area (Å²) >= 11 is 1.39. The predicted molar refractivity (Wildman–Crippen MR) is 137 cm³/mol. The number of thioether (sulfide) groups is 1. The van der Waals surface area contributed by atoms with Crippen LogP contribution in [-0.2, 0) is 4.79 Å². The Hall–Kier alpha value is -3.45. The van der Waals surface area contributed by atoms with Crippen LogP contribution in [0.5, 0.6) is 0 Å². The minimum atomic E-state index is -0.388. The van der Waals surface area contributed by atoms with E-state index in [1.54, 1.807) is 6.08 Å². The van der Waals surface area contributed by atoms with Crippen molar-refractivity contribution in [2.45, 2.75) is 40.0 Å². The molecule has 0 spiro atoms. The number of hydrazone groups is 1. The number of carbonyl (C=O) groups excluding carboxylic acids is 1. The topological polar surface area (TPSA) is 73.8 Å². The SMILES string of the molecule is CCCCC1=NN2C(=N)C(=Cc3cc(C)n(-c4cccc5ccccc45)c3C)C(=O)N=C2S1. The van der Waals surface area contributed by atoms with Crippen molar-refractivity contribution in [3.8, 4) is 5.69 Å². The van der Waals surface area contributed by atoms with Gasteiger partial charge in [0.1, 0.15) is 5.04 Å². The fourth-order valence-corrected chi connectivity index (χ4v) is 5.25. The third kappa shape index (κ3) is 3.72. The lowest BCUT2D eigenvalue weighted by Gasteiger charge is -2.20. The molecule has 0 fully saturated rings. The molecule has 1 aromatic heterocycles. The summed E-state index contributed by atoms with van der Waals surface area (Å²) in [4.78, 5) is 17.1. The number of nitrogens with zero attached hydrogens (tertiary/aromatic N) is 4. The van der Waals surface area contributed by atoms with Gasteiger partial charge in [0.2, 0.25) is 5.17 Å². The zero-order chi connectivity index (χ0) is 23.1. The third-order valence-electron chi connectivity index (χ3n) is 6.02. The largest absolute Gasteiger partial charge is 0.317 e. The number of amides is 1. The third-order valence-corrected chi connectivity index (χ3v) is 6.99. The summed E-state index contributed by atoms with van der Waals surface area (Å²) in [5, 5.41) is 18.4. The number of fused-ring (bicyclic) bond motifs is 2. The van der Waals surface area contributed by atoms with Crippen LogP contribution >= 0.6 is 11.8 Å². The standard InChI is InChI=1S/C26H25N5OS/c1-4-5-13-23-29-31-24(27)21(25(32)28-26(31)33-23)15-19-14-16(2)30(17(19)3)22-12-8-10-18-9-6-7-11-20(18)22/h6-12,14-15,27H,4-5,13H2,1-3H3. The molecule has 2 aliphatic rings. The first-order valence-electron chi connectivity index (χ1n) is 11.1. The van der Waals surface area contributed by atoms with Gasteiger partial charge in [-0.1, -0.05) is 49.7 Å². The highest BCUT2D eigenvalue weighted by atomic mass is 32.2. The molecule has 0 bridgehead atoms. The average Bonchev–Trinajstić information content (AvgIpc) is 3.34. The van der Waals surface area contributed by atoms with E-state index in [9.17, 15) is 4.79 Å². The fraction of sp³-hybridized carbons (Fsp3) is 0.231. The minimum absolute atomic E-state index is 0.0824. The number of benzene rings is 2. The number of carbonyl (C=O) groups is 1. The molecule has 1 N–H and O–H groups in total. The summed E-state index contributed by atoms with van der Waals surface area (Å²) in [7, 11) is 0. The zero-order valence-corrected chi connectivity index (χ0v) is 19.7. The molecule has 0 radical (unpaired) electrons. The van der Waals surface area contributed by atoms with E-state index in [-0.39, 0.29) is 17.3 Å². The van der Waals surface area contributed by atoms with Crippen molar-refractivity contribution in [3.63, 3.8) is 0 Å². The summed E-state index contributed by atoms with van der Waals surface area (Å²) < 4.78 is 2.20. The van der Waals surface area contributed by atoms with Gasteiger partial charge in [-0.05, 0) is 67.6 Å². The van der Waals surface area contributed by atoms with Crippen LogP contribution in [0, 0.1) is 19.3 Å². The molecular weight excluding hydrogens is 430 g/mol. The zero-order valence-electron chi connectivity index (χ0n) is 18.9. The van der Waals surface area contributed by atoms with E-state index in [1.165, 1.54) is 27.5 Å². The molecule has 1 amide bonds. The maximum Gasteiger partial charge on any atom is 0.283 e. The Morgan fingerprint density at radius 3 is 2.73 bits per heavy atom. The first-order valence-corrected chi connectivity index (χ1v) is 12.0. The smallest absolute Gasteiger partial charge is 0.283 e. The van der Waals surface area contributed by atoms with E-state index >= 15 is 0 Å². The Kier molecular flexibility index (Phi) is 5.50. The van der Waals surface area contributed by atoms with Crippen molar-refractivity contribution in [2.24, 2.45) is 10.1 Å². The number of amidine groups is 2. The fourth-order valence-electron chi connectivity index (χ4n) is 4.32. The molecule has 0 unspecified atom stereocenters. The molecular formula is C26H25N5OS. The number of unbranched alkanes of at least 4 members (excludes halogenated alkanes) is 1. The molecule has 7 heteroatoms. The summed E-state index contributed by atoms with van der Waals surface area (Å²) in [6.45, 7) is 6.23. The number of nitrogens with one attached hydrogen (secondary N) is 1. The number of aliphatic imine (C=N–C) groups is 1. The van der Waals surface area contributed by atoms with Gasteiger partial charge in [-0.3, -0.25) is 10.2 Å². The van der Waals surface area contributed by atoms with Gasteiger partial charge in [0, 0.05) is 16.8 Å². The molecule has 166 valence electrons. The lowest BCUT2D eigenvalue weighted by Crippen LogP contribution is -2.35. The van der Waals surface area contributed by atoms with Crippen LogP contribution in [0.1, 0.15) is 43.1 Å². The minimum Gasteiger partial charge on any atom is -0.317 e. The summed E-state index contributed by atoms with van der Waals surface area (Å²) in [5.41, 5.74) is 4.33. The first-order chi connectivity index (χ1) is 16.0. The molecule has 2 aliphatic heterocycles. The van der Waals surface area contributed by atoms with Gasteiger partial charge in [0.05, 0.1) is 11.3 Å². The second-order valence-electron chi connectivity index (χ2n) is 8.28. The summed E-state index contributed by atoms with van der Waals surface area (Å²) in [6.07, 6.45) is 4.71. The Morgan fingerprint density at radius 1 is 1.12 bits per heavy atom. The van der Waals surface area contributed by atoms with E-state index in [0.717, 1.165) is 46.9 Å². The van der Waals surface area contributed by atoms with Crippen LogP contribution in [-0.4, -0.2) is 31.5 Å². The van der Waals surface area contributed by atoms with Gasteiger partial charge < -0.3 is 4.57 Å². The average molecular weight is 456 g/mol. The maximum absolute atomic E-state index is 12.8. The second kappa shape index (κ2) is 8.48. The van der Waals surface area contributed by atoms with Gasteiger partial charge >= 0.3 is 0 Å². The monoisotopic (exact) mass is 455 g/mol. The number of aromatic nitrogens is 1. The second-order valence-corrected chi connectivity index (χ2v) is 9.32. The van der Waals surface area contributed by atoms with Gasteiger partial charge in [0.25, 0.3) is 5.91 Å². The van der Waals surface area contributed by atoms with Gasteiger partial charge in [-0.25, -0.2) is 0 Å². The van der Waals surface area contributed by atoms with Crippen LogP contribution in [0.3, 0.4) is 0 Å². The maximum atomic E-state index is 12.8. The van der Waals surface area contributed by atoms with Crippen molar-refractivity contribution >= 4 is 50.6 Å². The normalized spacial score (nSPS) is 17.1. The molecule has 6 nitrogen and oxygen atoms in total. The molecule has 2 aromatic carbocycles. The summed E-state index contributed by atoms with van der Waals surface area (Å²) in [5.74, 6) is -0.306. The van der Waals surface area contributed by atoms with Crippen LogP contribution in [0.15, 0.2) is 64.2 Å². The Labute approximate surface area is 197 Å². The number of hydrogen-bond acceptors (Lipinski definition) is 4. The lowest BCUT2D eigenvalue weighted by atomic mass is 10.1. The molecule has 3 aromatic rings. The Balaban J connectivity index is 1.54. The molecule has 0 saturated carbocycles. The number of rotatable bonds is 5. The first kappa shape index (κ1) is 21.4. The van der Waals surface area contributed by atoms with Crippen molar-refractivity contribution in [2.75, 3.05) is 0 Å². The van der Waals surface area contributed by atoms with Crippen molar-refractivity contribution in [3.05, 3.63) is 71.1 Å². The highest BCUT2D eigenvalue weighted by Crippen LogP contribution is 2.32. The van der Waals surface area contributed by atoms with Crippen LogP contribution in [0.25, 0.3) is 22.5 Å². The van der Waals surface area contributed by atoms with E-state index < -0.39 is 0 Å². The van der Waals surface area contributed by atoms with Crippen LogP contribution < -0.4 is 0 Å². The predicted octanol–water partition coefficient (Wildman–Crippen LogP) is 6.06. The Morgan fingerprint density at radius 2 is 1.91 bits per heavy atom. The van der Waals surface area contributed by atoms with Crippen molar-refractivity contribution in [1.29, 1.82) is 5.41 Å². The van der Waals surface area contributed by atoms with Gasteiger partial charge in [0.15, 0.2) is 5.84 Å². The summed E-state index contributed by atoms with van der Waals surface area (Å²) in [6, 6.07) is 16.6.